The molecule has 2 heteroatoms. The molecule has 98 valence electrons. The molecule has 1 saturated carbocycles. The zero-order chi connectivity index (χ0) is 13.9. The van der Waals surface area contributed by atoms with Crippen LogP contribution in [0, 0.1) is 12.8 Å². The van der Waals surface area contributed by atoms with Gasteiger partial charge in [0.1, 0.15) is 0 Å². The Bertz CT molecular complexity index is 425. The third-order valence-corrected chi connectivity index (χ3v) is 2.42. The van der Waals surface area contributed by atoms with Crippen LogP contribution in [0.25, 0.3) is 0 Å². The fraction of sp³-hybridized carbons (Fsp3) is 0.176. The molecule has 0 atom stereocenters. The summed E-state index contributed by atoms with van der Waals surface area (Å²) in [6.07, 6.45) is 10.5. The summed E-state index contributed by atoms with van der Waals surface area (Å²) in [6.45, 7) is 0. The summed E-state index contributed by atoms with van der Waals surface area (Å²) in [5.74, 6) is 0. The van der Waals surface area contributed by atoms with Gasteiger partial charge >= 0.3 is 0 Å². The minimum absolute atomic E-state index is 0.583. The Hall–Kier alpha value is -2.24. The van der Waals surface area contributed by atoms with E-state index in [-0.39, 0.29) is 0 Å². The summed E-state index contributed by atoms with van der Waals surface area (Å²) in [4.78, 5) is 0. The molecule has 0 amide bonds. The molecular weight excluding hydrogens is 232 g/mol. The number of fused-ring (bicyclic) bond motifs is 1. The number of nitrogens with two attached hydrogens (primary N) is 1. The van der Waals surface area contributed by atoms with E-state index >= 15 is 0 Å². The van der Waals surface area contributed by atoms with E-state index in [1.807, 2.05) is 48.5 Å². The summed E-state index contributed by atoms with van der Waals surface area (Å²) < 4.78 is 0. The lowest BCUT2D eigenvalue weighted by Gasteiger charge is -1.69. The summed E-state index contributed by atoms with van der Waals surface area (Å²) in [5, 5.41) is 3.09. The highest BCUT2D eigenvalue weighted by Gasteiger charge is 2.13. The van der Waals surface area contributed by atoms with E-state index in [1.54, 1.807) is 0 Å². The van der Waals surface area contributed by atoms with Crippen molar-refractivity contribution in [2.45, 2.75) is 18.9 Å². The quantitative estimate of drug-likeness (QED) is 0.472. The van der Waals surface area contributed by atoms with Gasteiger partial charge in [-0.2, -0.15) is 0 Å². The molecule has 3 N–H and O–H groups in total. The molecule has 2 aromatic carbocycles. The van der Waals surface area contributed by atoms with Crippen LogP contribution in [0.1, 0.15) is 12.8 Å². The molecule has 2 nitrogen and oxygen atoms in total. The van der Waals surface area contributed by atoms with Crippen LogP contribution in [-0.4, -0.2) is 6.04 Å². The van der Waals surface area contributed by atoms with Crippen LogP contribution in [-0.2, 0) is 0 Å². The van der Waals surface area contributed by atoms with Crippen LogP contribution >= 0.6 is 0 Å². The first-order chi connectivity index (χ1) is 9.36. The Labute approximate surface area is 115 Å². The Morgan fingerprint density at radius 3 is 1.32 bits per heavy atom. The van der Waals surface area contributed by atoms with Crippen molar-refractivity contribution >= 4 is 11.4 Å². The molecule has 0 aromatic heterocycles. The van der Waals surface area contributed by atoms with Gasteiger partial charge in [-0.25, -0.2) is 0 Å². The number of nitrogens with one attached hydrogen (secondary N) is 1. The summed E-state index contributed by atoms with van der Waals surface area (Å²) >= 11 is 0. The van der Waals surface area contributed by atoms with E-state index in [4.69, 9.17) is 5.73 Å². The maximum Gasteiger partial charge on any atom is 0.0624 e. The third-order valence-electron chi connectivity index (χ3n) is 2.42. The molecule has 0 saturated heterocycles. The monoisotopic (exact) mass is 252 g/mol. The Kier molecular flexibility index (Phi) is 6.86. The van der Waals surface area contributed by atoms with Crippen molar-refractivity contribution in [2.75, 3.05) is 5.32 Å². The van der Waals surface area contributed by atoms with Crippen LogP contribution < -0.4 is 11.1 Å². The van der Waals surface area contributed by atoms with Crippen molar-refractivity contribution < 1.29 is 0 Å². The van der Waals surface area contributed by atoms with Gasteiger partial charge in [-0.05, 0) is 25.0 Å². The van der Waals surface area contributed by atoms with Gasteiger partial charge in [-0.15, -0.1) is 12.8 Å². The molecule has 1 aliphatic carbocycles. The first-order valence-electron chi connectivity index (χ1n) is 6.31. The van der Waals surface area contributed by atoms with Crippen LogP contribution in [0.4, 0.5) is 11.4 Å². The average molecular weight is 252 g/mol. The standard InChI is InChI=1S/C6H5N.C6H6.C3H7N.C2H2/c1-2-4-6-5(3-1)7-6;1-2-4-6-5-3-1;4-3-1-2-3;1-2/h1-4,7H;1-6H;3H,1-2,4H2;1-2H. The van der Waals surface area contributed by atoms with Crippen molar-refractivity contribution in [1.29, 1.82) is 0 Å². The first-order valence-corrected chi connectivity index (χ1v) is 6.31. The van der Waals surface area contributed by atoms with E-state index in [2.05, 4.69) is 30.3 Å². The van der Waals surface area contributed by atoms with Gasteiger partial charge in [-0.1, -0.05) is 48.5 Å². The second kappa shape index (κ2) is 8.79. The highest BCUT2D eigenvalue weighted by molar-refractivity contribution is 5.89. The molecule has 1 fully saturated rings. The first kappa shape index (κ1) is 14.8. The van der Waals surface area contributed by atoms with Crippen molar-refractivity contribution in [2.24, 2.45) is 5.73 Å². The summed E-state index contributed by atoms with van der Waals surface area (Å²) in [5.41, 5.74) is 7.78. The number of hydrogen-bond acceptors (Lipinski definition) is 2. The van der Waals surface area contributed by atoms with Gasteiger partial charge in [0.15, 0.2) is 0 Å². The molecule has 0 radical (unpaired) electrons. The van der Waals surface area contributed by atoms with E-state index in [9.17, 15) is 0 Å². The van der Waals surface area contributed by atoms with Gasteiger partial charge in [-0.3, -0.25) is 0 Å². The predicted octanol–water partition coefficient (Wildman–Crippen LogP) is 3.79. The predicted molar refractivity (Wildman–Crippen MR) is 83.3 cm³/mol. The highest BCUT2D eigenvalue weighted by atomic mass is 15.0. The second-order valence-corrected chi connectivity index (χ2v) is 4.16. The Balaban J connectivity index is 0.000000138. The minimum atomic E-state index is 0.583. The topological polar surface area (TPSA) is 48.0 Å². The molecule has 1 heterocycles. The van der Waals surface area contributed by atoms with Crippen LogP contribution in [0.5, 0.6) is 0 Å². The zero-order valence-corrected chi connectivity index (χ0v) is 11.0. The number of terminal acetylenes is 1. The average Bonchev–Trinajstić information content (AvgIpc) is 3.40. The van der Waals surface area contributed by atoms with E-state index in [1.165, 1.54) is 24.2 Å². The lowest BCUT2D eigenvalue weighted by molar-refractivity contribution is 1.07. The molecule has 0 bridgehead atoms. The van der Waals surface area contributed by atoms with Crippen molar-refractivity contribution in [1.82, 2.24) is 0 Å². The van der Waals surface area contributed by atoms with Gasteiger partial charge < -0.3 is 11.1 Å². The Morgan fingerprint density at radius 1 is 0.789 bits per heavy atom. The van der Waals surface area contributed by atoms with Gasteiger partial charge in [0.2, 0.25) is 0 Å². The maximum absolute atomic E-state index is 5.22. The summed E-state index contributed by atoms with van der Waals surface area (Å²) in [7, 11) is 0. The highest BCUT2D eigenvalue weighted by Crippen LogP contribution is 2.36. The number of para-hydroxylation sites is 2. The molecule has 1 aliphatic heterocycles. The number of hydrogen-bond donors (Lipinski definition) is 2. The van der Waals surface area contributed by atoms with Crippen molar-refractivity contribution in [3.05, 3.63) is 60.7 Å². The SMILES string of the molecule is C#C.NC1CC1.c1ccc2c(c1)N2.c1ccccc1. The number of rotatable bonds is 0. The molecule has 0 unspecified atom stereocenters. The summed E-state index contributed by atoms with van der Waals surface area (Å²) in [6, 6.07) is 20.8. The maximum atomic E-state index is 5.22. The molecule has 0 spiro atoms. The molecular formula is C17H20N2. The molecule has 2 aliphatic rings. The van der Waals surface area contributed by atoms with Crippen LogP contribution in [0.3, 0.4) is 0 Å². The fourth-order valence-electron chi connectivity index (χ4n) is 1.16. The number of anilines is 2. The van der Waals surface area contributed by atoms with Crippen LogP contribution in [0.15, 0.2) is 60.7 Å². The lowest BCUT2D eigenvalue weighted by atomic mass is 10.4. The van der Waals surface area contributed by atoms with E-state index in [0.717, 1.165) is 0 Å². The smallest absolute Gasteiger partial charge is 0.0624 e. The lowest BCUT2D eigenvalue weighted by Crippen LogP contribution is -1.94. The zero-order valence-electron chi connectivity index (χ0n) is 11.0. The second-order valence-electron chi connectivity index (χ2n) is 4.16. The van der Waals surface area contributed by atoms with E-state index in [0.29, 0.717) is 6.04 Å². The van der Waals surface area contributed by atoms with Crippen molar-refractivity contribution in [3.8, 4) is 12.8 Å². The van der Waals surface area contributed by atoms with Gasteiger partial charge in [0.05, 0.1) is 11.4 Å². The molecule has 2 aromatic rings. The normalized spacial score (nSPS) is 12.6. The fourth-order valence-corrected chi connectivity index (χ4v) is 1.16. The van der Waals surface area contributed by atoms with Crippen molar-refractivity contribution in [3.63, 3.8) is 0 Å². The molecule has 4 rings (SSSR count). The third kappa shape index (κ3) is 7.64. The van der Waals surface area contributed by atoms with Crippen LogP contribution in [0.2, 0.25) is 0 Å². The molecule has 19 heavy (non-hydrogen) atoms. The van der Waals surface area contributed by atoms with Gasteiger partial charge in [0, 0.05) is 6.04 Å². The number of benzene rings is 2. The van der Waals surface area contributed by atoms with E-state index < -0.39 is 0 Å². The Morgan fingerprint density at radius 2 is 1.11 bits per heavy atom. The van der Waals surface area contributed by atoms with Gasteiger partial charge in [0.25, 0.3) is 0 Å². The largest absolute Gasteiger partial charge is 0.352 e. The minimum Gasteiger partial charge on any atom is -0.352 e.